The van der Waals surface area contributed by atoms with E-state index in [-0.39, 0.29) is 18.3 Å². The molecule has 0 bridgehead atoms. The first-order valence-electron chi connectivity index (χ1n) is 4.34. The molecule has 0 saturated heterocycles. The second-order valence-corrected chi connectivity index (χ2v) is 3.07. The van der Waals surface area contributed by atoms with Crippen LogP contribution in [0, 0.1) is 5.92 Å². The standard InChI is InChI=1S/C9H16O4/c1-5-8(11)13-9(6(2)3)12-7(4)10/h6,9H,5H2,1-4H3. The number of carbonyl (C=O) groups excluding carboxylic acids is 2. The molecule has 0 aliphatic carbocycles. The van der Waals surface area contributed by atoms with Gasteiger partial charge in [0.25, 0.3) is 0 Å². The molecule has 4 nitrogen and oxygen atoms in total. The van der Waals surface area contributed by atoms with Gasteiger partial charge in [-0.25, -0.2) is 0 Å². The Morgan fingerprint density at radius 1 is 1.23 bits per heavy atom. The van der Waals surface area contributed by atoms with E-state index < -0.39 is 12.3 Å². The summed E-state index contributed by atoms with van der Waals surface area (Å²) in [4.78, 5) is 21.5. The van der Waals surface area contributed by atoms with Gasteiger partial charge < -0.3 is 9.47 Å². The van der Waals surface area contributed by atoms with Crippen molar-refractivity contribution in [2.45, 2.75) is 40.4 Å². The van der Waals surface area contributed by atoms with Crippen molar-refractivity contribution in [1.29, 1.82) is 0 Å². The lowest BCUT2D eigenvalue weighted by Gasteiger charge is -2.20. The fourth-order valence-electron chi connectivity index (χ4n) is 0.673. The Kier molecular flexibility index (Phi) is 5.11. The molecule has 0 aliphatic heterocycles. The maximum Gasteiger partial charge on any atom is 0.308 e. The summed E-state index contributed by atoms with van der Waals surface area (Å²) in [5.41, 5.74) is 0. The first kappa shape index (κ1) is 11.9. The summed E-state index contributed by atoms with van der Waals surface area (Å²) in [6.45, 7) is 6.61. The van der Waals surface area contributed by atoms with Gasteiger partial charge >= 0.3 is 11.9 Å². The number of hydrogen-bond donors (Lipinski definition) is 0. The lowest BCUT2D eigenvalue weighted by Crippen LogP contribution is -2.28. The van der Waals surface area contributed by atoms with Crippen molar-refractivity contribution in [3.8, 4) is 0 Å². The van der Waals surface area contributed by atoms with Gasteiger partial charge in [0, 0.05) is 19.3 Å². The summed E-state index contributed by atoms with van der Waals surface area (Å²) < 4.78 is 9.69. The zero-order valence-corrected chi connectivity index (χ0v) is 8.49. The van der Waals surface area contributed by atoms with Gasteiger partial charge in [-0.2, -0.15) is 0 Å². The van der Waals surface area contributed by atoms with E-state index in [1.54, 1.807) is 6.92 Å². The minimum atomic E-state index is -0.759. The van der Waals surface area contributed by atoms with Crippen LogP contribution >= 0.6 is 0 Å². The van der Waals surface area contributed by atoms with Gasteiger partial charge in [-0.1, -0.05) is 20.8 Å². The van der Waals surface area contributed by atoms with Crippen LogP contribution in [0.5, 0.6) is 0 Å². The van der Waals surface area contributed by atoms with Crippen molar-refractivity contribution in [1.82, 2.24) is 0 Å². The van der Waals surface area contributed by atoms with Crippen LogP contribution in [0.3, 0.4) is 0 Å². The van der Waals surface area contributed by atoms with Crippen molar-refractivity contribution in [2.75, 3.05) is 0 Å². The average Bonchev–Trinajstić information content (AvgIpc) is 2.02. The maximum atomic E-state index is 10.9. The van der Waals surface area contributed by atoms with Crippen LogP contribution in [0.4, 0.5) is 0 Å². The van der Waals surface area contributed by atoms with Crippen LogP contribution in [-0.4, -0.2) is 18.2 Å². The zero-order chi connectivity index (χ0) is 10.4. The van der Waals surface area contributed by atoms with E-state index in [4.69, 9.17) is 9.47 Å². The topological polar surface area (TPSA) is 52.6 Å². The molecule has 0 amide bonds. The Hall–Kier alpha value is -1.06. The second-order valence-electron chi connectivity index (χ2n) is 3.07. The van der Waals surface area contributed by atoms with E-state index in [1.165, 1.54) is 6.92 Å². The molecule has 0 rings (SSSR count). The third-order valence-electron chi connectivity index (χ3n) is 1.36. The highest BCUT2D eigenvalue weighted by molar-refractivity contribution is 5.70. The van der Waals surface area contributed by atoms with Gasteiger partial charge in [0.1, 0.15) is 0 Å². The summed E-state index contributed by atoms with van der Waals surface area (Å²) in [5.74, 6) is -0.832. The van der Waals surface area contributed by atoms with Crippen molar-refractivity contribution in [2.24, 2.45) is 5.92 Å². The number of esters is 2. The molecular formula is C9H16O4. The normalized spacial score (nSPS) is 12.4. The summed E-state index contributed by atoms with van der Waals surface area (Å²) in [6.07, 6.45) is -0.477. The van der Waals surface area contributed by atoms with E-state index in [2.05, 4.69) is 0 Å². The zero-order valence-electron chi connectivity index (χ0n) is 8.49. The van der Waals surface area contributed by atoms with E-state index in [9.17, 15) is 9.59 Å². The number of rotatable bonds is 4. The molecule has 0 saturated carbocycles. The van der Waals surface area contributed by atoms with Gasteiger partial charge in [0.2, 0.25) is 6.29 Å². The number of ether oxygens (including phenoxy) is 2. The molecule has 0 fully saturated rings. The van der Waals surface area contributed by atoms with Gasteiger partial charge in [0.05, 0.1) is 0 Å². The highest BCUT2D eigenvalue weighted by Crippen LogP contribution is 2.09. The lowest BCUT2D eigenvalue weighted by molar-refractivity contribution is -0.194. The first-order chi connectivity index (χ1) is 5.97. The van der Waals surface area contributed by atoms with Crippen molar-refractivity contribution < 1.29 is 19.1 Å². The van der Waals surface area contributed by atoms with Crippen LogP contribution < -0.4 is 0 Å². The first-order valence-corrected chi connectivity index (χ1v) is 4.34. The van der Waals surface area contributed by atoms with Crippen molar-refractivity contribution in [3.63, 3.8) is 0 Å². The Bertz CT molecular complexity index is 186. The fraction of sp³-hybridized carbons (Fsp3) is 0.778. The van der Waals surface area contributed by atoms with Crippen LogP contribution in [-0.2, 0) is 19.1 Å². The largest absolute Gasteiger partial charge is 0.425 e. The summed E-state index contributed by atoms with van der Waals surface area (Å²) in [7, 11) is 0. The van der Waals surface area contributed by atoms with Crippen LogP contribution in [0.25, 0.3) is 0 Å². The quantitative estimate of drug-likeness (QED) is 0.495. The van der Waals surface area contributed by atoms with Crippen LogP contribution in [0.15, 0.2) is 0 Å². The average molecular weight is 188 g/mol. The van der Waals surface area contributed by atoms with Gasteiger partial charge in [-0.15, -0.1) is 0 Å². The Morgan fingerprint density at radius 2 is 1.77 bits per heavy atom. The van der Waals surface area contributed by atoms with Gasteiger partial charge in [-0.05, 0) is 0 Å². The third kappa shape index (κ3) is 5.22. The molecule has 13 heavy (non-hydrogen) atoms. The molecule has 0 spiro atoms. The van der Waals surface area contributed by atoms with Crippen molar-refractivity contribution in [3.05, 3.63) is 0 Å². The smallest absolute Gasteiger partial charge is 0.308 e. The predicted molar refractivity (Wildman–Crippen MR) is 46.8 cm³/mol. The van der Waals surface area contributed by atoms with Gasteiger partial charge in [0.15, 0.2) is 0 Å². The third-order valence-corrected chi connectivity index (χ3v) is 1.36. The molecule has 0 heterocycles. The van der Waals surface area contributed by atoms with Crippen LogP contribution in [0.2, 0.25) is 0 Å². The molecule has 0 aromatic carbocycles. The molecule has 0 aromatic rings. The molecule has 76 valence electrons. The summed E-state index contributed by atoms with van der Waals surface area (Å²) >= 11 is 0. The fourth-order valence-corrected chi connectivity index (χ4v) is 0.673. The molecule has 0 N–H and O–H groups in total. The highest BCUT2D eigenvalue weighted by atomic mass is 16.7. The molecule has 0 aromatic heterocycles. The Labute approximate surface area is 78.2 Å². The monoisotopic (exact) mass is 188 g/mol. The van der Waals surface area contributed by atoms with Crippen LogP contribution in [0.1, 0.15) is 34.1 Å². The minimum absolute atomic E-state index is 0.0283. The molecule has 1 atom stereocenters. The lowest BCUT2D eigenvalue weighted by atomic mass is 10.2. The molecular weight excluding hydrogens is 172 g/mol. The molecule has 0 radical (unpaired) electrons. The molecule has 1 unspecified atom stereocenters. The van der Waals surface area contributed by atoms with E-state index >= 15 is 0 Å². The highest BCUT2D eigenvalue weighted by Gasteiger charge is 2.19. The summed E-state index contributed by atoms with van der Waals surface area (Å²) in [5, 5.41) is 0. The Balaban J connectivity index is 4.09. The van der Waals surface area contributed by atoms with E-state index in [0.29, 0.717) is 0 Å². The second kappa shape index (κ2) is 5.56. The van der Waals surface area contributed by atoms with E-state index in [0.717, 1.165) is 0 Å². The minimum Gasteiger partial charge on any atom is -0.425 e. The predicted octanol–water partition coefficient (Wildman–Crippen LogP) is 1.48. The van der Waals surface area contributed by atoms with Gasteiger partial charge in [-0.3, -0.25) is 9.59 Å². The molecule has 0 aliphatic rings. The maximum absolute atomic E-state index is 10.9. The number of hydrogen-bond acceptors (Lipinski definition) is 4. The van der Waals surface area contributed by atoms with E-state index in [1.807, 2.05) is 13.8 Å². The number of carbonyl (C=O) groups is 2. The summed E-state index contributed by atoms with van der Waals surface area (Å²) in [6, 6.07) is 0. The SMILES string of the molecule is CCC(=O)OC(OC(C)=O)C(C)C. The molecule has 4 heteroatoms. The van der Waals surface area contributed by atoms with Crippen molar-refractivity contribution >= 4 is 11.9 Å². The Morgan fingerprint density at radius 3 is 2.08 bits per heavy atom.